The van der Waals surface area contributed by atoms with E-state index in [4.69, 9.17) is 9.47 Å². The van der Waals surface area contributed by atoms with Crippen LogP contribution in [0.25, 0.3) is 11.0 Å². The molecule has 1 aromatic heterocycles. The molecule has 3 aromatic carbocycles. The van der Waals surface area contributed by atoms with Crippen molar-refractivity contribution < 1.29 is 14.3 Å². The van der Waals surface area contributed by atoms with Gasteiger partial charge in [0.05, 0.1) is 31.4 Å². The van der Waals surface area contributed by atoms with E-state index in [0.29, 0.717) is 11.2 Å². The van der Waals surface area contributed by atoms with E-state index in [-0.39, 0.29) is 5.91 Å². The molecule has 7 nitrogen and oxygen atoms in total. The van der Waals surface area contributed by atoms with Gasteiger partial charge >= 0.3 is 0 Å². The number of nitrogens with one attached hydrogen (secondary N) is 1. The van der Waals surface area contributed by atoms with E-state index in [0.717, 1.165) is 61.6 Å². The van der Waals surface area contributed by atoms with E-state index >= 15 is 0 Å². The summed E-state index contributed by atoms with van der Waals surface area (Å²) in [5, 5.41) is 2.92. The fraction of sp³-hybridized carbons (Fsp3) is 0.276. The van der Waals surface area contributed by atoms with Crippen LogP contribution in [-0.4, -0.2) is 48.1 Å². The maximum absolute atomic E-state index is 12.6. The lowest BCUT2D eigenvalue weighted by atomic mass is 9.98. The van der Waals surface area contributed by atoms with Crippen LogP contribution >= 0.6 is 0 Å². The predicted molar refractivity (Wildman–Crippen MR) is 141 cm³/mol. The van der Waals surface area contributed by atoms with Gasteiger partial charge in [-0.1, -0.05) is 24.3 Å². The second kappa shape index (κ2) is 10.7. The van der Waals surface area contributed by atoms with Crippen LogP contribution in [0.1, 0.15) is 33.6 Å². The molecule has 0 aliphatic carbocycles. The Morgan fingerprint density at radius 1 is 0.972 bits per heavy atom. The van der Waals surface area contributed by atoms with Gasteiger partial charge in [-0.25, -0.2) is 4.98 Å². The molecule has 2 heterocycles. The minimum Gasteiger partial charge on any atom is -0.493 e. The number of benzene rings is 3. The van der Waals surface area contributed by atoms with Crippen molar-refractivity contribution in [3.05, 3.63) is 89.2 Å². The number of aromatic nitrogens is 2. The Hall–Kier alpha value is -3.97. The van der Waals surface area contributed by atoms with Crippen molar-refractivity contribution >= 4 is 22.6 Å². The molecule has 0 radical (unpaired) electrons. The Bertz CT molecular complexity index is 1370. The third kappa shape index (κ3) is 5.31. The van der Waals surface area contributed by atoms with E-state index in [9.17, 15) is 4.79 Å². The van der Waals surface area contributed by atoms with Crippen LogP contribution < -0.4 is 14.8 Å². The van der Waals surface area contributed by atoms with Crippen LogP contribution in [0.3, 0.4) is 0 Å². The number of hydrogen-bond donors (Lipinski definition) is 1. The van der Waals surface area contributed by atoms with Crippen LogP contribution in [0, 0.1) is 0 Å². The normalized spacial score (nSPS) is 13.3. The summed E-state index contributed by atoms with van der Waals surface area (Å²) in [5.41, 5.74) is 6.44. The molecule has 4 aromatic rings. The van der Waals surface area contributed by atoms with Gasteiger partial charge in [0.2, 0.25) is 0 Å². The molecule has 7 heteroatoms. The highest BCUT2D eigenvalue weighted by Crippen LogP contribution is 2.33. The predicted octanol–water partition coefficient (Wildman–Crippen LogP) is 4.89. The smallest absolute Gasteiger partial charge is 0.275 e. The van der Waals surface area contributed by atoms with Crippen LogP contribution in [0.4, 0.5) is 5.69 Å². The summed E-state index contributed by atoms with van der Waals surface area (Å²) < 4.78 is 10.9. The number of nitrogens with zero attached hydrogens (tertiary/aromatic N) is 3. The molecule has 0 fully saturated rings. The van der Waals surface area contributed by atoms with Gasteiger partial charge in [-0.15, -0.1) is 0 Å². The summed E-state index contributed by atoms with van der Waals surface area (Å²) in [6.07, 6.45) is 4.59. The molecule has 0 bridgehead atoms. The van der Waals surface area contributed by atoms with Gasteiger partial charge < -0.3 is 14.8 Å². The van der Waals surface area contributed by atoms with Crippen molar-refractivity contribution in [2.24, 2.45) is 0 Å². The molecule has 36 heavy (non-hydrogen) atoms. The highest BCUT2D eigenvalue weighted by molar-refractivity contribution is 6.03. The van der Waals surface area contributed by atoms with Crippen molar-refractivity contribution in [2.75, 3.05) is 32.6 Å². The maximum atomic E-state index is 12.6. The fourth-order valence-electron chi connectivity index (χ4n) is 4.66. The Labute approximate surface area is 211 Å². The average Bonchev–Trinajstić information content (AvgIpc) is 2.92. The van der Waals surface area contributed by atoms with Crippen molar-refractivity contribution in [3.8, 4) is 11.5 Å². The van der Waals surface area contributed by atoms with Crippen molar-refractivity contribution in [1.29, 1.82) is 0 Å². The minimum atomic E-state index is -0.263. The standard InChI is InChI=1S/C29H30N4O3/c1-35-27-16-21-13-15-33(19-22(21)17-28(27)36-2)14-5-6-20-9-11-23(12-10-20)31-29(34)26-18-30-24-7-3-4-8-25(24)32-26/h3-4,7-12,16-18H,5-6,13-15,19H2,1-2H3,(H,31,34). The first-order chi connectivity index (χ1) is 17.6. The maximum Gasteiger partial charge on any atom is 0.275 e. The number of rotatable bonds is 8. The van der Waals surface area contributed by atoms with Gasteiger partial charge in [0.1, 0.15) is 5.69 Å². The molecule has 1 aliphatic rings. The molecule has 1 aliphatic heterocycles. The third-order valence-corrected chi connectivity index (χ3v) is 6.63. The minimum absolute atomic E-state index is 0.263. The summed E-state index contributed by atoms with van der Waals surface area (Å²) in [4.78, 5) is 23.8. The zero-order valence-electron chi connectivity index (χ0n) is 20.7. The van der Waals surface area contributed by atoms with Gasteiger partial charge in [0, 0.05) is 18.8 Å². The molecule has 1 amide bonds. The largest absolute Gasteiger partial charge is 0.493 e. The second-order valence-electron chi connectivity index (χ2n) is 9.00. The Morgan fingerprint density at radius 2 is 1.69 bits per heavy atom. The van der Waals surface area contributed by atoms with Crippen molar-refractivity contribution in [3.63, 3.8) is 0 Å². The Kier molecular flexibility index (Phi) is 7.09. The topological polar surface area (TPSA) is 76.6 Å². The van der Waals surface area contributed by atoms with E-state index in [1.54, 1.807) is 14.2 Å². The number of para-hydroxylation sites is 2. The SMILES string of the molecule is COc1cc2c(cc1OC)CN(CCCc1ccc(NC(=O)c3cnc4ccccc4n3)cc1)CC2. The molecule has 5 rings (SSSR count). The lowest BCUT2D eigenvalue weighted by Gasteiger charge is -2.29. The first-order valence-electron chi connectivity index (χ1n) is 12.2. The van der Waals surface area contributed by atoms with Crippen LogP contribution in [-0.2, 0) is 19.4 Å². The highest BCUT2D eigenvalue weighted by Gasteiger charge is 2.19. The van der Waals surface area contributed by atoms with E-state index < -0.39 is 0 Å². The number of methoxy groups -OCH3 is 2. The quantitative estimate of drug-likeness (QED) is 0.385. The summed E-state index contributed by atoms with van der Waals surface area (Å²) in [7, 11) is 3.36. The van der Waals surface area contributed by atoms with Crippen LogP contribution in [0.2, 0.25) is 0 Å². The van der Waals surface area contributed by atoms with Gasteiger partial charge in [-0.3, -0.25) is 14.7 Å². The van der Waals surface area contributed by atoms with Gasteiger partial charge in [-0.05, 0) is 78.9 Å². The summed E-state index contributed by atoms with van der Waals surface area (Å²) >= 11 is 0. The van der Waals surface area contributed by atoms with Gasteiger partial charge in [0.25, 0.3) is 5.91 Å². The van der Waals surface area contributed by atoms with Crippen LogP contribution in [0.15, 0.2) is 66.9 Å². The monoisotopic (exact) mass is 482 g/mol. The molecule has 0 atom stereocenters. The van der Waals surface area contributed by atoms with E-state index in [2.05, 4.69) is 44.5 Å². The molecule has 0 spiro atoms. The summed E-state index contributed by atoms with van der Waals surface area (Å²) in [6, 6.07) is 19.8. The van der Waals surface area contributed by atoms with Crippen molar-refractivity contribution in [1.82, 2.24) is 14.9 Å². The van der Waals surface area contributed by atoms with Gasteiger partial charge in [0.15, 0.2) is 11.5 Å². The lowest BCUT2D eigenvalue weighted by Crippen LogP contribution is -2.31. The number of amides is 1. The zero-order valence-corrected chi connectivity index (χ0v) is 20.7. The van der Waals surface area contributed by atoms with E-state index in [1.165, 1.54) is 22.9 Å². The third-order valence-electron chi connectivity index (χ3n) is 6.63. The summed E-state index contributed by atoms with van der Waals surface area (Å²) in [5.74, 6) is 1.33. The molecule has 0 unspecified atom stereocenters. The number of carbonyl (C=O) groups is 1. The number of aryl methyl sites for hydroxylation is 1. The highest BCUT2D eigenvalue weighted by atomic mass is 16.5. The molecular formula is C29H30N4O3. The number of hydrogen-bond acceptors (Lipinski definition) is 6. The number of anilines is 1. The van der Waals surface area contributed by atoms with Crippen molar-refractivity contribution in [2.45, 2.75) is 25.8 Å². The molecular weight excluding hydrogens is 452 g/mol. The second-order valence-corrected chi connectivity index (χ2v) is 9.00. The van der Waals surface area contributed by atoms with Crippen LogP contribution in [0.5, 0.6) is 11.5 Å². The number of ether oxygens (including phenoxy) is 2. The first-order valence-corrected chi connectivity index (χ1v) is 12.2. The number of carbonyl (C=O) groups excluding carboxylic acids is 1. The van der Waals surface area contributed by atoms with E-state index in [1.807, 2.05) is 36.4 Å². The molecule has 0 saturated heterocycles. The number of fused-ring (bicyclic) bond motifs is 2. The molecule has 1 N–H and O–H groups in total. The van der Waals surface area contributed by atoms with Gasteiger partial charge in [-0.2, -0.15) is 0 Å². The first kappa shape index (κ1) is 23.8. The zero-order chi connectivity index (χ0) is 24.9. The molecule has 0 saturated carbocycles. The Balaban J connectivity index is 1.12. The molecule has 184 valence electrons. The Morgan fingerprint density at radius 3 is 2.44 bits per heavy atom. The average molecular weight is 483 g/mol. The lowest BCUT2D eigenvalue weighted by molar-refractivity contribution is 0.102. The summed E-state index contributed by atoms with van der Waals surface area (Å²) in [6.45, 7) is 3.01. The fourth-order valence-corrected chi connectivity index (χ4v) is 4.66.